The predicted molar refractivity (Wildman–Crippen MR) is 133 cm³/mol. The van der Waals surface area contributed by atoms with E-state index < -0.39 is 77.8 Å². The highest BCUT2D eigenvalue weighted by Gasteiger charge is 2.64. The van der Waals surface area contributed by atoms with Crippen molar-refractivity contribution >= 4 is 55.7 Å². The molecular weight excluding hydrogens is 795 g/mol. The number of hydrogen-bond donors (Lipinski definition) is 0. The fourth-order valence-corrected chi connectivity index (χ4v) is 5.18. The SMILES string of the molecule is C[Si](C)(C)O[CH+]CCc1ccccc1.O=S(=O)(O[B-](OS(=O)(=O)C(F)(F)F)(OS(=O)(=O)C(F)(F)F)OS(=O)(=O)C(F)(F)F)C(F)(F)F. The molecule has 276 valence electrons. The second-order valence-corrected chi connectivity index (χ2v) is 19.7. The summed E-state index contributed by atoms with van der Waals surface area (Å²) in [7, 11) is -33.6. The summed E-state index contributed by atoms with van der Waals surface area (Å²) in [4.78, 5) is 0. The van der Waals surface area contributed by atoms with Gasteiger partial charge in [0.25, 0.3) is 8.32 Å². The zero-order valence-corrected chi connectivity index (χ0v) is 27.2. The summed E-state index contributed by atoms with van der Waals surface area (Å²) in [6, 6.07) is 10.5. The molecule has 1 rings (SSSR count). The molecule has 0 aliphatic carbocycles. The third-order valence-corrected chi connectivity index (χ3v) is 9.04. The van der Waals surface area contributed by atoms with Gasteiger partial charge in [0.05, 0.1) is 0 Å². The normalized spacial score (nSPS) is 14.7. The zero-order valence-electron chi connectivity index (χ0n) is 22.9. The number of benzene rings is 1. The molecule has 0 aliphatic rings. The average Bonchev–Trinajstić information content (AvgIpc) is 2.78. The second kappa shape index (κ2) is 14.9. The average molecular weight is 814 g/mol. The van der Waals surface area contributed by atoms with Gasteiger partial charge in [-0.1, -0.05) is 30.3 Å². The van der Waals surface area contributed by atoms with Gasteiger partial charge in [-0.25, -0.2) is 4.43 Å². The van der Waals surface area contributed by atoms with Crippen molar-refractivity contribution in [3.8, 4) is 0 Å². The first kappa shape index (κ1) is 45.1. The summed E-state index contributed by atoms with van der Waals surface area (Å²) >= 11 is 0. The van der Waals surface area contributed by atoms with E-state index in [0.29, 0.717) is 0 Å². The Bertz CT molecular complexity index is 1430. The molecule has 31 heteroatoms. The van der Waals surface area contributed by atoms with E-state index in [-0.39, 0.29) is 0 Å². The fourth-order valence-electron chi connectivity index (χ4n) is 2.11. The molecule has 0 aromatic heterocycles. The maximum atomic E-state index is 12.4. The molecule has 0 heterocycles. The van der Waals surface area contributed by atoms with Crippen LogP contribution in [0.25, 0.3) is 0 Å². The minimum atomic E-state index is -8.05. The number of alkyl halides is 12. The highest BCUT2D eigenvalue weighted by atomic mass is 32.2. The summed E-state index contributed by atoms with van der Waals surface area (Å²) in [5.41, 5.74) is -27.2. The van der Waals surface area contributed by atoms with E-state index in [4.69, 9.17) is 4.43 Å². The lowest BCUT2D eigenvalue weighted by Gasteiger charge is -2.37. The molecule has 1 aromatic carbocycles. The Morgan fingerprint density at radius 2 is 0.851 bits per heavy atom. The molecular formula is C16H19BF12O13S4Si. The third-order valence-electron chi connectivity index (χ3n) is 3.94. The molecule has 0 atom stereocenters. The summed E-state index contributed by atoms with van der Waals surface area (Å²) in [5.74, 6) is 0. The van der Waals surface area contributed by atoms with Crippen LogP contribution in [0.5, 0.6) is 0 Å². The lowest BCUT2D eigenvalue weighted by Crippen LogP contribution is -2.59. The molecule has 0 fully saturated rings. The molecule has 0 aliphatic heterocycles. The van der Waals surface area contributed by atoms with Gasteiger partial charge < -0.3 is 16.4 Å². The maximum absolute atomic E-state index is 12.4. The van der Waals surface area contributed by atoms with Crippen LogP contribution in [0.1, 0.15) is 12.0 Å². The van der Waals surface area contributed by atoms with Crippen LogP contribution < -0.4 is 0 Å². The standard InChI is InChI=1S/C12H19OSi.C4BF12O12S4/c1-14(2,3)13-11-7-10-12-8-5-4-6-9-12;6-1(7,8)30(18,19)26-5(27-31(20,21)2(9,10)11,28-32(22,23)3(12,13)14)29-33(24,25)4(15,16)17/h4-6,8-9,11H,7,10H2,1-3H3;/q+1;-1. The summed E-state index contributed by atoms with van der Waals surface area (Å²) in [6.07, 6.45) is 2.08. The molecule has 47 heavy (non-hydrogen) atoms. The molecule has 0 saturated heterocycles. The van der Waals surface area contributed by atoms with Crippen molar-refractivity contribution < 1.29 is 107 Å². The van der Waals surface area contributed by atoms with Crippen molar-refractivity contribution in [1.82, 2.24) is 0 Å². The van der Waals surface area contributed by atoms with Crippen molar-refractivity contribution in [3.05, 3.63) is 42.5 Å². The van der Waals surface area contributed by atoms with Gasteiger partial charge in [0, 0.05) is 6.42 Å². The Morgan fingerprint density at radius 1 is 0.574 bits per heavy atom. The van der Waals surface area contributed by atoms with Crippen LogP contribution >= 0.6 is 0 Å². The summed E-state index contributed by atoms with van der Waals surface area (Å²) in [6.45, 7) is 0.687. The minimum Gasteiger partial charge on any atom is -0.398 e. The van der Waals surface area contributed by atoms with Crippen LogP contribution in [-0.4, -0.2) is 71.0 Å². The van der Waals surface area contributed by atoms with Gasteiger partial charge in [0.1, 0.15) is 6.42 Å². The van der Waals surface area contributed by atoms with E-state index >= 15 is 0 Å². The third kappa shape index (κ3) is 14.3. The van der Waals surface area contributed by atoms with Crippen molar-refractivity contribution in [2.75, 3.05) is 0 Å². The first-order valence-electron chi connectivity index (χ1n) is 11.1. The van der Waals surface area contributed by atoms with Crippen molar-refractivity contribution in [2.24, 2.45) is 0 Å². The van der Waals surface area contributed by atoms with Crippen LogP contribution in [0.3, 0.4) is 0 Å². The van der Waals surface area contributed by atoms with E-state index in [1.807, 2.05) is 12.7 Å². The van der Waals surface area contributed by atoms with Crippen molar-refractivity contribution in [3.63, 3.8) is 0 Å². The first-order chi connectivity index (χ1) is 20.4. The topological polar surface area (TPSA) is 183 Å². The highest BCUT2D eigenvalue weighted by Crippen LogP contribution is 2.39. The molecule has 0 saturated carbocycles. The Labute approximate surface area is 259 Å². The largest absolute Gasteiger partial charge is 0.587 e. The minimum absolute atomic E-state index is 1.01. The molecule has 0 unspecified atom stereocenters. The van der Waals surface area contributed by atoms with Gasteiger partial charge >= 0.3 is 69.5 Å². The molecule has 0 amide bonds. The second-order valence-electron chi connectivity index (χ2n) is 8.98. The first-order valence-corrected chi connectivity index (χ1v) is 20.2. The molecule has 0 radical (unpaired) electrons. The molecule has 13 nitrogen and oxygen atoms in total. The van der Waals surface area contributed by atoms with Gasteiger partial charge in [0.15, 0.2) is 0 Å². The Morgan fingerprint density at radius 3 is 1.09 bits per heavy atom. The molecule has 0 N–H and O–H groups in total. The smallest absolute Gasteiger partial charge is 0.398 e. The van der Waals surface area contributed by atoms with Crippen molar-refractivity contribution in [2.45, 2.75) is 54.5 Å². The monoisotopic (exact) mass is 814 g/mol. The zero-order chi connectivity index (χ0) is 37.8. The maximum Gasteiger partial charge on any atom is 0.587 e. The van der Waals surface area contributed by atoms with E-state index in [1.165, 1.54) is 5.56 Å². The predicted octanol–water partition coefficient (Wildman–Crippen LogP) is 4.52. The lowest BCUT2D eigenvalue weighted by molar-refractivity contribution is -0.0651. The van der Waals surface area contributed by atoms with E-state index in [0.717, 1.165) is 12.8 Å². The number of halogens is 12. The van der Waals surface area contributed by atoms with Gasteiger partial charge in [-0.3, -0.25) is 0 Å². The number of hydrogen-bond acceptors (Lipinski definition) is 13. The number of rotatable bonds is 13. The molecule has 1 aromatic rings. The van der Waals surface area contributed by atoms with Gasteiger partial charge in [-0.15, -0.1) is 0 Å². The number of aryl methyl sites for hydroxylation is 1. The van der Waals surface area contributed by atoms with Gasteiger partial charge in [0.2, 0.25) is 6.61 Å². The van der Waals surface area contributed by atoms with Crippen LogP contribution in [0.15, 0.2) is 30.3 Å². The van der Waals surface area contributed by atoms with E-state index in [2.05, 4.69) is 60.3 Å². The quantitative estimate of drug-likeness (QED) is 0.0892. The van der Waals surface area contributed by atoms with Gasteiger partial charge in [-0.2, -0.15) is 86.4 Å². The highest BCUT2D eigenvalue weighted by molar-refractivity contribution is 7.93. The Hall–Kier alpha value is -1.87. The van der Waals surface area contributed by atoms with Crippen LogP contribution in [0.2, 0.25) is 19.6 Å². The Balaban J connectivity index is 0.00000125. The van der Waals surface area contributed by atoms with Crippen LogP contribution in [-0.2, 0) is 67.7 Å². The van der Waals surface area contributed by atoms with E-state index in [9.17, 15) is 86.4 Å². The lowest BCUT2D eigenvalue weighted by atomic mass is 10.1. The van der Waals surface area contributed by atoms with Crippen molar-refractivity contribution in [1.29, 1.82) is 0 Å². The van der Waals surface area contributed by atoms with Crippen LogP contribution in [0, 0.1) is 6.61 Å². The van der Waals surface area contributed by atoms with Gasteiger partial charge in [-0.05, 0) is 25.2 Å². The fraction of sp³-hybridized carbons (Fsp3) is 0.562. The summed E-state index contributed by atoms with van der Waals surface area (Å²) < 4.78 is 250. The Kier molecular flexibility index (Phi) is 14.3. The molecule has 0 spiro atoms. The molecule has 0 bridgehead atoms. The summed E-state index contributed by atoms with van der Waals surface area (Å²) in [5, 5.41) is 0. The van der Waals surface area contributed by atoms with E-state index in [1.54, 1.807) is 0 Å². The van der Waals surface area contributed by atoms with Crippen LogP contribution in [0.4, 0.5) is 52.7 Å².